The van der Waals surface area contributed by atoms with E-state index in [-0.39, 0.29) is 16.9 Å². The topological polar surface area (TPSA) is 116 Å². The molecule has 48 heavy (non-hydrogen) atoms. The van der Waals surface area contributed by atoms with Crippen molar-refractivity contribution < 1.29 is 9.47 Å². The minimum absolute atomic E-state index is 0.0338. The molecule has 4 rings (SSSR count). The Morgan fingerprint density at radius 1 is 0.604 bits per heavy atom. The fourth-order valence-electron chi connectivity index (χ4n) is 5.52. The van der Waals surface area contributed by atoms with Gasteiger partial charge < -0.3 is 31.3 Å². The van der Waals surface area contributed by atoms with Crippen LogP contribution < -0.4 is 25.8 Å². The molecule has 4 aromatic rings. The zero-order valence-corrected chi connectivity index (χ0v) is 29.3. The van der Waals surface area contributed by atoms with E-state index in [2.05, 4.69) is 86.9 Å². The lowest BCUT2D eigenvalue weighted by atomic mass is 9.91. The van der Waals surface area contributed by atoms with Gasteiger partial charge in [-0.1, -0.05) is 61.4 Å². The number of hydrogen-bond acceptors (Lipinski definition) is 6. The van der Waals surface area contributed by atoms with Crippen molar-refractivity contribution in [2.24, 2.45) is 5.73 Å². The zero-order valence-electron chi connectivity index (χ0n) is 29.3. The van der Waals surface area contributed by atoms with Crippen molar-refractivity contribution in [2.75, 3.05) is 0 Å². The highest BCUT2D eigenvalue weighted by molar-refractivity contribution is 5.96. The largest absolute Gasteiger partial charge is 0.489 e. The molecule has 0 bridgehead atoms. The van der Waals surface area contributed by atoms with E-state index in [1.54, 1.807) is 19.1 Å². The molecular weight excluding hydrogens is 594 g/mol. The van der Waals surface area contributed by atoms with Gasteiger partial charge in [-0.15, -0.1) is 0 Å². The molecule has 0 heterocycles. The lowest BCUT2D eigenvalue weighted by molar-refractivity contribution is 0.305. The number of ether oxygens (including phenoxy) is 2. The number of rotatable bonds is 19. The first-order valence-corrected chi connectivity index (χ1v) is 16.9. The maximum atomic E-state index is 7.75. The molecule has 7 heteroatoms. The summed E-state index contributed by atoms with van der Waals surface area (Å²) < 4.78 is 11.9. The molecule has 0 aliphatic carbocycles. The first-order chi connectivity index (χ1) is 22.9. The van der Waals surface area contributed by atoms with Crippen molar-refractivity contribution in [1.82, 2.24) is 10.6 Å². The highest BCUT2D eigenvalue weighted by atomic mass is 16.5. The van der Waals surface area contributed by atoms with Crippen LogP contribution in [0, 0.1) is 10.8 Å². The van der Waals surface area contributed by atoms with Crippen molar-refractivity contribution >= 4 is 11.5 Å². The molecule has 0 aliphatic rings. The molecule has 254 valence electrons. The molecule has 0 unspecified atom stereocenters. The summed E-state index contributed by atoms with van der Waals surface area (Å²) in [6.07, 6.45) is 4.54. The molecule has 4 aromatic carbocycles. The van der Waals surface area contributed by atoms with Crippen LogP contribution in [0.4, 0.5) is 0 Å². The Kier molecular flexibility index (Phi) is 13.0. The number of nitrogen functional groups attached to an aromatic ring is 1. The number of amidine groups is 1. The standard InChI is InChI=1S/C41H53N5O2/c1-30(42)35-14-18-37(19-15-35)47-28-33-12-8-10-31(24-33)26-45-40(2,3)22-6-7-23-41(4,5)46-27-32-11-9-13-34(25-32)29-48-38-20-16-36(17-21-38)39(43)44/h8-21,24-25,42,45-46H,6-7,22-23,26-29H2,1-5H3,(H3,43,44). The van der Waals surface area contributed by atoms with Crippen LogP contribution in [0.25, 0.3) is 0 Å². The Labute approximate surface area is 287 Å². The number of hydrogen-bond donors (Lipinski definition) is 5. The second-order valence-electron chi connectivity index (χ2n) is 14.0. The van der Waals surface area contributed by atoms with E-state index in [0.29, 0.717) is 24.5 Å². The van der Waals surface area contributed by atoms with Gasteiger partial charge in [0.05, 0.1) is 0 Å². The maximum absolute atomic E-state index is 7.75. The molecule has 0 radical (unpaired) electrons. The second kappa shape index (κ2) is 17.1. The van der Waals surface area contributed by atoms with Crippen LogP contribution in [0.5, 0.6) is 11.5 Å². The maximum Gasteiger partial charge on any atom is 0.122 e. The van der Waals surface area contributed by atoms with Gasteiger partial charge in [-0.3, -0.25) is 5.41 Å². The van der Waals surface area contributed by atoms with Crippen LogP contribution in [0.3, 0.4) is 0 Å². The zero-order chi connectivity index (χ0) is 34.6. The van der Waals surface area contributed by atoms with Crippen LogP contribution in [0.2, 0.25) is 0 Å². The molecular formula is C41H53N5O2. The first-order valence-electron chi connectivity index (χ1n) is 16.9. The van der Waals surface area contributed by atoms with Crippen LogP contribution in [-0.4, -0.2) is 22.6 Å². The Balaban J connectivity index is 1.14. The lowest BCUT2D eigenvalue weighted by Crippen LogP contribution is -2.40. The fourth-order valence-corrected chi connectivity index (χ4v) is 5.52. The molecule has 0 saturated carbocycles. The number of unbranched alkanes of at least 4 members (excludes halogenated alkanes) is 1. The molecule has 0 amide bonds. The fraction of sp³-hybridized carbons (Fsp3) is 0.366. The minimum Gasteiger partial charge on any atom is -0.489 e. The molecule has 0 saturated heterocycles. The molecule has 0 aliphatic heterocycles. The average Bonchev–Trinajstić information content (AvgIpc) is 3.07. The van der Waals surface area contributed by atoms with E-state index in [1.807, 2.05) is 36.4 Å². The smallest absolute Gasteiger partial charge is 0.122 e. The number of nitrogens with one attached hydrogen (secondary N) is 4. The summed E-state index contributed by atoms with van der Waals surface area (Å²) in [7, 11) is 0. The SMILES string of the molecule is CC(=N)c1ccc(OCc2cccc(CNC(C)(C)CCCCC(C)(C)NCc3cccc(COc4ccc(C(=N)N)cc4)c3)c2)cc1. The molecule has 0 fully saturated rings. The van der Waals surface area contributed by atoms with E-state index < -0.39 is 0 Å². The molecule has 0 atom stereocenters. The van der Waals surface area contributed by atoms with E-state index in [9.17, 15) is 0 Å². The van der Waals surface area contributed by atoms with Crippen molar-refractivity contribution in [1.29, 1.82) is 10.8 Å². The van der Waals surface area contributed by atoms with Crippen LogP contribution >= 0.6 is 0 Å². The summed E-state index contributed by atoms with van der Waals surface area (Å²) in [6.45, 7) is 13.6. The molecule has 7 nitrogen and oxygen atoms in total. The van der Waals surface area contributed by atoms with Crippen LogP contribution in [0.15, 0.2) is 97.1 Å². The van der Waals surface area contributed by atoms with Crippen molar-refractivity contribution in [3.05, 3.63) is 130 Å². The van der Waals surface area contributed by atoms with Gasteiger partial charge in [0, 0.05) is 35.4 Å². The quantitative estimate of drug-likeness (QED) is 0.0398. The van der Waals surface area contributed by atoms with Gasteiger partial charge in [-0.25, -0.2) is 0 Å². The van der Waals surface area contributed by atoms with Crippen molar-refractivity contribution in [3.63, 3.8) is 0 Å². The summed E-state index contributed by atoms with van der Waals surface area (Å²) in [4.78, 5) is 0. The van der Waals surface area contributed by atoms with Crippen molar-refractivity contribution in [2.45, 2.75) is 97.7 Å². The average molecular weight is 648 g/mol. The minimum atomic E-state index is 0.0338. The van der Waals surface area contributed by atoms with Gasteiger partial charge in [0.15, 0.2) is 0 Å². The summed E-state index contributed by atoms with van der Waals surface area (Å²) in [5, 5.41) is 22.8. The van der Waals surface area contributed by atoms with Crippen LogP contribution in [0.1, 0.15) is 93.7 Å². The summed E-state index contributed by atoms with van der Waals surface area (Å²) in [6, 6.07) is 32.1. The van der Waals surface area contributed by atoms with Gasteiger partial charge in [0.25, 0.3) is 0 Å². The predicted octanol–water partition coefficient (Wildman–Crippen LogP) is 8.51. The summed E-state index contributed by atoms with van der Waals surface area (Å²) >= 11 is 0. The van der Waals surface area contributed by atoms with Gasteiger partial charge in [-0.2, -0.15) is 0 Å². The summed E-state index contributed by atoms with van der Waals surface area (Å²) in [5.74, 6) is 1.63. The monoisotopic (exact) mass is 647 g/mol. The normalized spacial score (nSPS) is 11.7. The molecule has 6 N–H and O–H groups in total. The van der Waals surface area contributed by atoms with E-state index in [0.717, 1.165) is 67.0 Å². The van der Waals surface area contributed by atoms with E-state index in [1.165, 1.54) is 11.1 Å². The molecule has 0 spiro atoms. The van der Waals surface area contributed by atoms with Crippen molar-refractivity contribution in [3.8, 4) is 11.5 Å². The Bertz CT molecular complexity index is 1500. The predicted molar refractivity (Wildman–Crippen MR) is 198 cm³/mol. The van der Waals surface area contributed by atoms with E-state index in [4.69, 9.17) is 26.0 Å². The highest BCUT2D eigenvalue weighted by Gasteiger charge is 2.20. The lowest BCUT2D eigenvalue weighted by Gasteiger charge is -2.29. The van der Waals surface area contributed by atoms with E-state index >= 15 is 0 Å². The van der Waals surface area contributed by atoms with Gasteiger partial charge in [-0.05, 0) is 124 Å². The Morgan fingerprint density at radius 2 is 1.00 bits per heavy atom. The summed E-state index contributed by atoms with van der Waals surface area (Å²) in [5.41, 5.74) is 12.5. The van der Waals surface area contributed by atoms with Gasteiger partial charge in [0.2, 0.25) is 0 Å². The van der Waals surface area contributed by atoms with Gasteiger partial charge >= 0.3 is 0 Å². The Morgan fingerprint density at radius 3 is 1.40 bits per heavy atom. The Hall–Kier alpha value is -4.46. The third-order valence-electron chi connectivity index (χ3n) is 8.64. The van der Waals surface area contributed by atoms with Crippen LogP contribution in [-0.2, 0) is 26.3 Å². The number of nitrogens with two attached hydrogens (primary N) is 1. The molecule has 0 aromatic heterocycles. The second-order valence-corrected chi connectivity index (χ2v) is 14.0. The third kappa shape index (κ3) is 12.3. The van der Waals surface area contributed by atoms with Gasteiger partial charge in [0.1, 0.15) is 30.5 Å². The first kappa shape index (κ1) is 36.4. The highest BCUT2D eigenvalue weighted by Crippen LogP contribution is 2.21. The third-order valence-corrected chi connectivity index (χ3v) is 8.64. The number of benzene rings is 4.